The number of nitrogens with zero attached hydrogens (tertiary/aromatic N) is 1. The van der Waals surface area contributed by atoms with Crippen LogP contribution >= 0.6 is 27.3 Å². The maximum absolute atomic E-state index is 11.8. The molecule has 0 saturated heterocycles. The fourth-order valence-electron chi connectivity index (χ4n) is 1.09. The van der Waals surface area contributed by atoms with Gasteiger partial charge in [0.2, 0.25) is 5.78 Å². The lowest BCUT2D eigenvalue weighted by Gasteiger charge is -1.97. The van der Waals surface area contributed by atoms with E-state index < -0.39 is 0 Å². The summed E-state index contributed by atoms with van der Waals surface area (Å²) in [5.74, 6) is -0.0266. The molecule has 0 aliphatic rings. The van der Waals surface area contributed by atoms with Gasteiger partial charge < -0.3 is 0 Å². The maximum atomic E-state index is 11.8. The molecule has 2 nitrogen and oxygen atoms in total. The molecular weight excluding hydrogens is 262 g/mol. The minimum atomic E-state index is -0.0266. The van der Waals surface area contributed by atoms with E-state index in [-0.39, 0.29) is 5.78 Å². The number of hydrogen-bond acceptors (Lipinski definition) is 3. The summed E-state index contributed by atoms with van der Waals surface area (Å²) in [5, 5.41) is 2.33. The summed E-state index contributed by atoms with van der Waals surface area (Å²) >= 11 is 4.68. The van der Waals surface area contributed by atoms with E-state index in [0.29, 0.717) is 10.6 Å². The van der Waals surface area contributed by atoms with Gasteiger partial charge in [-0.05, 0) is 12.1 Å². The molecule has 0 unspecified atom stereocenters. The Kier molecular flexibility index (Phi) is 2.74. The molecule has 0 saturated carbocycles. The minimum absolute atomic E-state index is 0.0266. The van der Waals surface area contributed by atoms with Crippen LogP contribution in [0.25, 0.3) is 0 Å². The van der Waals surface area contributed by atoms with Crippen molar-refractivity contribution in [2.75, 3.05) is 0 Å². The van der Waals surface area contributed by atoms with Crippen LogP contribution in [0, 0.1) is 0 Å². The Hall–Kier alpha value is -1.00. The lowest BCUT2D eigenvalue weighted by Crippen LogP contribution is -1.99. The van der Waals surface area contributed by atoms with Gasteiger partial charge in [-0.2, -0.15) is 0 Å². The van der Waals surface area contributed by atoms with Crippen LogP contribution < -0.4 is 0 Å². The number of thiazole rings is 1. The van der Waals surface area contributed by atoms with E-state index in [1.54, 1.807) is 23.7 Å². The molecule has 0 radical (unpaired) electrons. The predicted octanol–water partition coefficient (Wildman–Crippen LogP) is 3.14. The highest BCUT2D eigenvalue weighted by molar-refractivity contribution is 9.10. The summed E-state index contributed by atoms with van der Waals surface area (Å²) in [5.41, 5.74) is 0.661. The van der Waals surface area contributed by atoms with Crippen molar-refractivity contribution >= 4 is 33.0 Å². The molecule has 0 aliphatic heterocycles. The van der Waals surface area contributed by atoms with Crippen LogP contribution in [-0.2, 0) is 0 Å². The highest BCUT2D eigenvalue weighted by atomic mass is 79.9. The van der Waals surface area contributed by atoms with Gasteiger partial charge in [-0.1, -0.05) is 28.1 Å². The predicted molar refractivity (Wildman–Crippen MR) is 59.7 cm³/mol. The molecule has 1 aromatic carbocycles. The number of carbonyl (C=O) groups is 1. The van der Waals surface area contributed by atoms with E-state index in [2.05, 4.69) is 20.9 Å². The van der Waals surface area contributed by atoms with E-state index in [9.17, 15) is 4.79 Å². The number of halogens is 1. The first-order chi connectivity index (χ1) is 6.77. The number of aromatic nitrogens is 1. The van der Waals surface area contributed by atoms with Crippen molar-refractivity contribution in [2.24, 2.45) is 0 Å². The molecule has 1 aromatic heterocycles. The number of carbonyl (C=O) groups excluding carboxylic acids is 1. The number of benzene rings is 1. The Labute approximate surface area is 93.7 Å². The van der Waals surface area contributed by atoms with Crippen LogP contribution in [0.4, 0.5) is 0 Å². The first-order valence-electron chi connectivity index (χ1n) is 3.97. The monoisotopic (exact) mass is 267 g/mol. The highest BCUT2D eigenvalue weighted by Gasteiger charge is 2.10. The average Bonchev–Trinajstić information content (AvgIpc) is 2.69. The van der Waals surface area contributed by atoms with Crippen LogP contribution in [0.5, 0.6) is 0 Å². The van der Waals surface area contributed by atoms with E-state index >= 15 is 0 Å². The zero-order valence-electron chi connectivity index (χ0n) is 7.11. The lowest BCUT2D eigenvalue weighted by atomic mass is 10.1. The third-order valence-corrected chi connectivity index (χ3v) is 2.98. The smallest absolute Gasteiger partial charge is 0.221 e. The third-order valence-electron chi connectivity index (χ3n) is 1.71. The van der Waals surface area contributed by atoms with Gasteiger partial charge >= 0.3 is 0 Å². The van der Waals surface area contributed by atoms with Crippen molar-refractivity contribution in [3.8, 4) is 0 Å². The Balaban J connectivity index is 2.37. The summed E-state index contributed by atoms with van der Waals surface area (Å²) in [7, 11) is 0. The summed E-state index contributed by atoms with van der Waals surface area (Å²) in [6.45, 7) is 0. The van der Waals surface area contributed by atoms with Crippen molar-refractivity contribution in [1.82, 2.24) is 4.98 Å². The first kappa shape index (κ1) is 9.55. The zero-order valence-corrected chi connectivity index (χ0v) is 9.51. The van der Waals surface area contributed by atoms with Gasteiger partial charge in [-0.15, -0.1) is 11.3 Å². The molecule has 0 spiro atoms. The molecule has 70 valence electrons. The average molecular weight is 268 g/mol. The summed E-state index contributed by atoms with van der Waals surface area (Å²) in [6, 6.07) is 7.31. The first-order valence-corrected chi connectivity index (χ1v) is 5.64. The fourth-order valence-corrected chi connectivity index (χ4v) is 2.09. The van der Waals surface area contributed by atoms with E-state index in [4.69, 9.17) is 0 Å². The van der Waals surface area contributed by atoms with Crippen LogP contribution in [0.2, 0.25) is 0 Å². The Morgan fingerprint density at radius 3 is 2.93 bits per heavy atom. The minimum Gasteiger partial charge on any atom is -0.286 e. The highest BCUT2D eigenvalue weighted by Crippen LogP contribution is 2.16. The molecule has 0 aliphatic carbocycles. The van der Waals surface area contributed by atoms with Crippen molar-refractivity contribution < 1.29 is 4.79 Å². The number of rotatable bonds is 2. The second kappa shape index (κ2) is 4.02. The Morgan fingerprint density at radius 1 is 1.43 bits per heavy atom. The van der Waals surface area contributed by atoms with Crippen LogP contribution in [0.1, 0.15) is 15.4 Å². The van der Waals surface area contributed by atoms with Gasteiger partial charge in [0.05, 0.1) is 0 Å². The molecule has 0 atom stereocenters. The van der Waals surface area contributed by atoms with Gasteiger partial charge in [0, 0.05) is 21.6 Å². The Bertz CT molecular complexity index is 453. The van der Waals surface area contributed by atoms with E-state index in [0.717, 1.165) is 4.47 Å². The van der Waals surface area contributed by atoms with E-state index in [1.807, 2.05) is 12.1 Å². The second-order valence-corrected chi connectivity index (χ2v) is 4.49. The largest absolute Gasteiger partial charge is 0.286 e. The molecule has 0 bridgehead atoms. The summed E-state index contributed by atoms with van der Waals surface area (Å²) in [6.07, 6.45) is 1.63. The van der Waals surface area contributed by atoms with Crippen molar-refractivity contribution in [2.45, 2.75) is 0 Å². The third kappa shape index (κ3) is 1.91. The molecule has 0 fully saturated rings. The maximum Gasteiger partial charge on any atom is 0.221 e. The van der Waals surface area contributed by atoms with Gasteiger partial charge in [0.1, 0.15) is 0 Å². The number of hydrogen-bond donors (Lipinski definition) is 0. The quantitative estimate of drug-likeness (QED) is 0.783. The van der Waals surface area contributed by atoms with Crippen molar-refractivity contribution in [3.05, 3.63) is 50.9 Å². The topological polar surface area (TPSA) is 30.0 Å². The van der Waals surface area contributed by atoms with Gasteiger partial charge in [0.25, 0.3) is 0 Å². The fraction of sp³-hybridized carbons (Fsp3) is 0. The van der Waals surface area contributed by atoms with Crippen LogP contribution in [-0.4, -0.2) is 10.8 Å². The Morgan fingerprint density at radius 2 is 2.29 bits per heavy atom. The van der Waals surface area contributed by atoms with E-state index in [1.165, 1.54) is 11.3 Å². The zero-order chi connectivity index (χ0) is 9.97. The van der Waals surface area contributed by atoms with Crippen LogP contribution in [0.15, 0.2) is 40.3 Å². The molecule has 1 heterocycles. The molecule has 2 aromatic rings. The molecular formula is C10H6BrNOS. The molecule has 0 amide bonds. The molecule has 14 heavy (non-hydrogen) atoms. The summed E-state index contributed by atoms with van der Waals surface area (Å²) < 4.78 is 0.903. The molecule has 2 rings (SSSR count). The lowest BCUT2D eigenvalue weighted by molar-refractivity contribution is 0.103. The summed E-state index contributed by atoms with van der Waals surface area (Å²) in [4.78, 5) is 15.8. The van der Waals surface area contributed by atoms with Gasteiger partial charge in [-0.25, -0.2) is 4.98 Å². The number of ketones is 1. The standard InChI is InChI=1S/C10H6BrNOS/c11-8-3-1-2-7(6-8)9(13)10-12-4-5-14-10/h1-6H. The SMILES string of the molecule is O=C(c1cccc(Br)c1)c1nccs1. The molecule has 0 N–H and O–H groups in total. The molecule has 4 heteroatoms. The van der Waals surface area contributed by atoms with Crippen molar-refractivity contribution in [1.29, 1.82) is 0 Å². The van der Waals surface area contributed by atoms with Gasteiger partial charge in [0.15, 0.2) is 5.01 Å². The second-order valence-electron chi connectivity index (χ2n) is 2.68. The van der Waals surface area contributed by atoms with Crippen molar-refractivity contribution in [3.63, 3.8) is 0 Å². The normalized spacial score (nSPS) is 10.1. The van der Waals surface area contributed by atoms with Crippen LogP contribution in [0.3, 0.4) is 0 Å². The van der Waals surface area contributed by atoms with Gasteiger partial charge in [-0.3, -0.25) is 4.79 Å².